The van der Waals surface area contributed by atoms with E-state index in [1.807, 2.05) is 0 Å². The predicted octanol–water partition coefficient (Wildman–Crippen LogP) is 2.59. The van der Waals surface area contributed by atoms with Gasteiger partial charge in [-0.25, -0.2) is 8.42 Å². The average molecular weight is 254 g/mol. The zero-order chi connectivity index (χ0) is 11.6. The number of hydrogen-bond acceptors (Lipinski definition) is 4. The second-order valence-electron chi connectivity index (χ2n) is 3.14. The fourth-order valence-electron chi connectivity index (χ4n) is 1.31. The first-order valence-electron chi connectivity index (χ1n) is 4.56. The van der Waals surface area contributed by atoms with E-state index in [1.54, 1.807) is 35.0 Å². The first-order chi connectivity index (χ1) is 7.64. The van der Waals surface area contributed by atoms with Crippen LogP contribution in [0.2, 0.25) is 0 Å². The molecule has 1 aromatic carbocycles. The van der Waals surface area contributed by atoms with E-state index in [4.69, 9.17) is 4.74 Å². The molecular formula is C11H10O3S2. The van der Waals surface area contributed by atoms with Crippen molar-refractivity contribution in [2.75, 3.05) is 7.11 Å². The summed E-state index contributed by atoms with van der Waals surface area (Å²) < 4.78 is 29.2. The predicted molar refractivity (Wildman–Crippen MR) is 62.8 cm³/mol. The summed E-state index contributed by atoms with van der Waals surface area (Å²) in [4.78, 5) is 0.580. The highest BCUT2D eigenvalue weighted by molar-refractivity contribution is 7.91. The number of ether oxygens (including phenoxy) is 1. The smallest absolute Gasteiger partial charge is 0.207 e. The third kappa shape index (κ3) is 1.96. The number of sulfone groups is 1. The maximum absolute atomic E-state index is 12.1. The molecule has 5 heteroatoms. The lowest BCUT2D eigenvalue weighted by Gasteiger charge is -2.04. The molecule has 0 spiro atoms. The van der Waals surface area contributed by atoms with E-state index in [1.165, 1.54) is 24.5 Å². The third-order valence-corrected chi connectivity index (χ3v) is 4.74. The van der Waals surface area contributed by atoms with E-state index >= 15 is 0 Å². The first-order valence-corrected chi connectivity index (χ1v) is 6.98. The molecular weight excluding hydrogens is 244 g/mol. The topological polar surface area (TPSA) is 43.4 Å². The molecule has 0 radical (unpaired) electrons. The summed E-state index contributed by atoms with van der Waals surface area (Å²) in [6, 6.07) is 8.06. The van der Waals surface area contributed by atoms with Gasteiger partial charge in [0, 0.05) is 5.38 Å². The molecule has 0 aliphatic carbocycles. The molecule has 2 aromatic rings. The average Bonchev–Trinajstić information content (AvgIpc) is 2.83. The monoisotopic (exact) mass is 254 g/mol. The van der Waals surface area contributed by atoms with E-state index in [2.05, 4.69) is 0 Å². The minimum atomic E-state index is -3.40. The summed E-state index contributed by atoms with van der Waals surface area (Å²) in [6.45, 7) is 0. The van der Waals surface area contributed by atoms with Crippen molar-refractivity contribution in [1.29, 1.82) is 0 Å². The van der Waals surface area contributed by atoms with Crippen molar-refractivity contribution in [3.05, 3.63) is 41.1 Å². The van der Waals surface area contributed by atoms with Gasteiger partial charge in [0.25, 0.3) is 0 Å². The normalized spacial score (nSPS) is 11.3. The molecule has 0 saturated heterocycles. The van der Waals surface area contributed by atoms with Crippen molar-refractivity contribution in [3.63, 3.8) is 0 Å². The highest BCUT2D eigenvalue weighted by Gasteiger charge is 2.18. The van der Waals surface area contributed by atoms with Crippen LogP contribution < -0.4 is 4.74 Å². The van der Waals surface area contributed by atoms with Crippen LogP contribution in [-0.4, -0.2) is 15.5 Å². The SMILES string of the molecule is COc1cccc(S(=O)(=O)c2ccsc2)c1. The van der Waals surface area contributed by atoms with Crippen molar-refractivity contribution in [1.82, 2.24) is 0 Å². The van der Waals surface area contributed by atoms with E-state index in [-0.39, 0.29) is 4.90 Å². The largest absolute Gasteiger partial charge is 0.497 e. The van der Waals surface area contributed by atoms with Crippen LogP contribution in [0.1, 0.15) is 0 Å². The lowest BCUT2D eigenvalue weighted by atomic mass is 10.3. The molecule has 0 atom stereocenters. The molecule has 0 N–H and O–H groups in total. The Labute approximate surface area is 98.2 Å². The highest BCUT2D eigenvalue weighted by Crippen LogP contribution is 2.25. The maximum Gasteiger partial charge on any atom is 0.207 e. The Balaban J connectivity index is 2.52. The molecule has 1 aromatic heterocycles. The van der Waals surface area contributed by atoms with Gasteiger partial charge >= 0.3 is 0 Å². The third-order valence-electron chi connectivity index (χ3n) is 2.16. The van der Waals surface area contributed by atoms with Crippen LogP contribution in [0, 0.1) is 0 Å². The van der Waals surface area contributed by atoms with Gasteiger partial charge in [-0.05, 0) is 29.6 Å². The Morgan fingerprint density at radius 1 is 1.19 bits per heavy atom. The van der Waals surface area contributed by atoms with Gasteiger partial charge in [0.15, 0.2) is 0 Å². The van der Waals surface area contributed by atoms with Gasteiger partial charge in [0.05, 0.1) is 16.9 Å². The molecule has 0 bridgehead atoms. The van der Waals surface area contributed by atoms with Gasteiger partial charge < -0.3 is 4.74 Å². The Bertz CT molecular complexity index is 571. The second-order valence-corrected chi connectivity index (χ2v) is 5.87. The van der Waals surface area contributed by atoms with Crippen LogP contribution in [0.15, 0.2) is 50.9 Å². The van der Waals surface area contributed by atoms with E-state index in [0.717, 1.165) is 0 Å². The second kappa shape index (κ2) is 4.27. The Morgan fingerprint density at radius 3 is 2.62 bits per heavy atom. The molecule has 0 saturated carbocycles. The summed E-state index contributed by atoms with van der Waals surface area (Å²) in [6.07, 6.45) is 0. The van der Waals surface area contributed by atoms with Gasteiger partial charge in [0.2, 0.25) is 9.84 Å². The van der Waals surface area contributed by atoms with Crippen LogP contribution >= 0.6 is 11.3 Å². The molecule has 84 valence electrons. The fraction of sp³-hybridized carbons (Fsp3) is 0.0909. The Hall–Kier alpha value is -1.33. The molecule has 0 aliphatic rings. The van der Waals surface area contributed by atoms with Crippen molar-refractivity contribution in [2.24, 2.45) is 0 Å². The zero-order valence-corrected chi connectivity index (χ0v) is 10.2. The Morgan fingerprint density at radius 2 is 2.00 bits per heavy atom. The van der Waals surface area contributed by atoms with E-state index < -0.39 is 9.84 Å². The summed E-state index contributed by atoms with van der Waals surface area (Å²) in [5.74, 6) is 0.538. The Kier molecular flexibility index (Phi) is 2.98. The molecule has 1 heterocycles. The lowest BCUT2D eigenvalue weighted by Crippen LogP contribution is -2.00. The summed E-state index contributed by atoms with van der Waals surface area (Å²) in [5, 5.41) is 3.36. The van der Waals surface area contributed by atoms with Gasteiger partial charge in [-0.3, -0.25) is 0 Å². The quantitative estimate of drug-likeness (QED) is 0.845. The molecule has 3 nitrogen and oxygen atoms in total. The van der Waals surface area contributed by atoms with Crippen molar-refractivity contribution >= 4 is 21.2 Å². The number of rotatable bonds is 3. The lowest BCUT2D eigenvalue weighted by molar-refractivity contribution is 0.413. The molecule has 16 heavy (non-hydrogen) atoms. The zero-order valence-electron chi connectivity index (χ0n) is 8.58. The van der Waals surface area contributed by atoms with Crippen molar-refractivity contribution in [3.8, 4) is 5.75 Å². The van der Waals surface area contributed by atoms with Crippen LogP contribution in [0.4, 0.5) is 0 Å². The van der Waals surface area contributed by atoms with Crippen molar-refractivity contribution < 1.29 is 13.2 Å². The molecule has 0 fully saturated rings. The van der Waals surface area contributed by atoms with Gasteiger partial charge in [0.1, 0.15) is 5.75 Å². The minimum Gasteiger partial charge on any atom is -0.497 e. The van der Waals surface area contributed by atoms with Crippen LogP contribution in [0.25, 0.3) is 0 Å². The number of methoxy groups -OCH3 is 1. The number of thiophene rings is 1. The maximum atomic E-state index is 12.1. The number of hydrogen-bond donors (Lipinski definition) is 0. The van der Waals surface area contributed by atoms with Crippen LogP contribution in [-0.2, 0) is 9.84 Å². The van der Waals surface area contributed by atoms with Gasteiger partial charge in [-0.2, -0.15) is 11.3 Å². The molecule has 0 unspecified atom stereocenters. The van der Waals surface area contributed by atoms with Crippen LogP contribution in [0.3, 0.4) is 0 Å². The van der Waals surface area contributed by atoms with E-state index in [0.29, 0.717) is 10.6 Å². The summed E-state index contributed by atoms with van der Waals surface area (Å²) in [7, 11) is -1.89. The standard InChI is InChI=1S/C11H10O3S2/c1-14-9-3-2-4-10(7-9)16(12,13)11-5-6-15-8-11/h2-8H,1H3. The van der Waals surface area contributed by atoms with E-state index in [9.17, 15) is 8.42 Å². The summed E-state index contributed by atoms with van der Waals surface area (Å²) >= 11 is 1.36. The summed E-state index contributed by atoms with van der Waals surface area (Å²) in [5.41, 5.74) is 0. The number of benzene rings is 1. The first kappa shape index (κ1) is 11.2. The molecule has 2 rings (SSSR count). The van der Waals surface area contributed by atoms with Gasteiger partial charge in [-0.1, -0.05) is 6.07 Å². The van der Waals surface area contributed by atoms with Crippen LogP contribution in [0.5, 0.6) is 5.75 Å². The molecule has 0 aliphatic heterocycles. The highest BCUT2D eigenvalue weighted by atomic mass is 32.2. The minimum absolute atomic E-state index is 0.255. The van der Waals surface area contributed by atoms with Crippen molar-refractivity contribution in [2.45, 2.75) is 9.79 Å². The molecule has 0 amide bonds. The van der Waals surface area contributed by atoms with Gasteiger partial charge in [-0.15, -0.1) is 0 Å². The fourth-order valence-corrected chi connectivity index (χ4v) is 3.63.